The van der Waals surface area contributed by atoms with Crippen molar-refractivity contribution in [2.75, 3.05) is 14.2 Å². The predicted octanol–water partition coefficient (Wildman–Crippen LogP) is 0.233. The second-order valence-corrected chi connectivity index (χ2v) is 4.27. The average molecular weight is 215 g/mol. The Morgan fingerprint density at radius 1 is 1.00 bits per heavy atom. The maximum atomic E-state index is 11.5. The summed E-state index contributed by atoms with van der Waals surface area (Å²) in [6, 6.07) is 0. The number of methoxy groups -OCH3 is 2. The molecule has 0 aliphatic carbocycles. The van der Waals surface area contributed by atoms with Crippen LogP contribution in [0.1, 0.15) is 26.7 Å². The van der Waals surface area contributed by atoms with E-state index in [1.165, 1.54) is 14.2 Å². The minimum atomic E-state index is -0.794. The van der Waals surface area contributed by atoms with E-state index in [9.17, 15) is 9.59 Å². The van der Waals surface area contributed by atoms with Crippen LogP contribution < -0.4 is 5.32 Å². The van der Waals surface area contributed by atoms with Crippen LogP contribution in [0, 0.1) is 0 Å². The first-order valence-corrected chi connectivity index (χ1v) is 4.84. The first-order chi connectivity index (χ1) is 6.88. The Hall–Kier alpha value is -1.10. The van der Waals surface area contributed by atoms with Crippen LogP contribution in [-0.4, -0.2) is 37.2 Å². The second kappa shape index (κ2) is 3.81. The van der Waals surface area contributed by atoms with Crippen molar-refractivity contribution < 1.29 is 19.1 Å². The van der Waals surface area contributed by atoms with E-state index in [2.05, 4.69) is 5.32 Å². The maximum absolute atomic E-state index is 11.5. The molecule has 0 saturated carbocycles. The summed E-state index contributed by atoms with van der Waals surface area (Å²) in [5, 5.41) is 3.00. The third-order valence-electron chi connectivity index (χ3n) is 2.95. The van der Waals surface area contributed by atoms with Gasteiger partial charge in [-0.25, -0.2) is 0 Å². The number of carbonyl (C=O) groups excluding carboxylic acids is 2. The minimum absolute atomic E-state index is 0.352. The molecule has 0 unspecified atom stereocenters. The van der Waals surface area contributed by atoms with Crippen LogP contribution in [0.25, 0.3) is 0 Å². The quantitative estimate of drug-likeness (QED) is 0.668. The van der Waals surface area contributed by atoms with Crippen LogP contribution in [-0.2, 0) is 19.1 Å². The van der Waals surface area contributed by atoms with Gasteiger partial charge >= 0.3 is 11.9 Å². The number of hydrogen-bond donors (Lipinski definition) is 1. The Morgan fingerprint density at radius 2 is 1.33 bits per heavy atom. The Kier molecular flexibility index (Phi) is 3.04. The van der Waals surface area contributed by atoms with Gasteiger partial charge in [-0.1, -0.05) is 0 Å². The van der Waals surface area contributed by atoms with Gasteiger partial charge in [0.05, 0.1) is 14.2 Å². The molecule has 0 spiro atoms. The van der Waals surface area contributed by atoms with E-state index in [4.69, 9.17) is 9.47 Å². The summed E-state index contributed by atoms with van der Waals surface area (Å²) in [6.45, 7) is 3.46. The summed E-state index contributed by atoms with van der Waals surface area (Å²) in [7, 11) is 2.67. The number of nitrogens with one attached hydrogen (secondary N) is 1. The zero-order valence-electron chi connectivity index (χ0n) is 9.55. The van der Waals surface area contributed by atoms with Crippen molar-refractivity contribution in [2.24, 2.45) is 0 Å². The van der Waals surface area contributed by atoms with Gasteiger partial charge in [0.25, 0.3) is 0 Å². The largest absolute Gasteiger partial charge is 0.468 e. The lowest BCUT2D eigenvalue weighted by molar-refractivity contribution is -0.150. The SMILES string of the molecule is COC(=O)[C@@]1(C)CC[C@@](C)(C(=O)OC)N1. The number of esters is 2. The van der Waals surface area contributed by atoms with Crippen LogP contribution in [0.15, 0.2) is 0 Å². The molecule has 5 heteroatoms. The number of rotatable bonds is 2. The van der Waals surface area contributed by atoms with Gasteiger partial charge in [0.1, 0.15) is 11.1 Å². The third kappa shape index (κ3) is 1.97. The molecule has 0 amide bonds. The molecule has 86 valence electrons. The van der Waals surface area contributed by atoms with Crippen LogP contribution in [0.2, 0.25) is 0 Å². The van der Waals surface area contributed by atoms with Gasteiger partial charge in [-0.3, -0.25) is 14.9 Å². The van der Waals surface area contributed by atoms with Crippen molar-refractivity contribution in [3.05, 3.63) is 0 Å². The van der Waals surface area contributed by atoms with E-state index in [0.29, 0.717) is 12.8 Å². The van der Waals surface area contributed by atoms with Crippen molar-refractivity contribution in [3.8, 4) is 0 Å². The highest BCUT2D eigenvalue weighted by atomic mass is 16.5. The van der Waals surface area contributed by atoms with E-state index in [1.807, 2.05) is 0 Å². The lowest BCUT2D eigenvalue weighted by Crippen LogP contribution is -2.56. The molecule has 5 nitrogen and oxygen atoms in total. The van der Waals surface area contributed by atoms with Crippen molar-refractivity contribution in [2.45, 2.75) is 37.8 Å². The lowest BCUT2D eigenvalue weighted by atomic mass is 9.98. The van der Waals surface area contributed by atoms with Gasteiger partial charge in [-0.05, 0) is 26.7 Å². The molecular weight excluding hydrogens is 198 g/mol. The highest BCUT2D eigenvalue weighted by molar-refractivity contribution is 5.86. The molecular formula is C10H17NO4. The Labute approximate surface area is 89.1 Å². The Bertz CT molecular complexity index is 263. The second-order valence-electron chi connectivity index (χ2n) is 4.27. The lowest BCUT2D eigenvalue weighted by Gasteiger charge is -2.27. The monoisotopic (exact) mass is 215 g/mol. The van der Waals surface area contributed by atoms with Gasteiger partial charge in [-0.2, -0.15) is 0 Å². The summed E-state index contributed by atoms with van der Waals surface area (Å²) in [4.78, 5) is 23.0. The molecule has 2 atom stereocenters. The van der Waals surface area contributed by atoms with E-state index >= 15 is 0 Å². The maximum Gasteiger partial charge on any atom is 0.325 e. The van der Waals surface area contributed by atoms with Gasteiger partial charge in [0, 0.05) is 0 Å². The minimum Gasteiger partial charge on any atom is -0.468 e. The van der Waals surface area contributed by atoms with Crippen molar-refractivity contribution >= 4 is 11.9 Å². The first kappa shape index (κ1) is 12.0. The van der Waals surface area contributed by atoms with Crippen LogP contribution in [0.5, 0.6) is 0 Å². The highest BCUT2D eigenvalue weighted by Gasteiger charge is 2.51. The standard InChI is InChI=1S/C10H17NO4/c1-9(7(12)14-3)5-6-10(2,11-9)8(13)15-4/h11H,5-6H2,1-4H3/t9-,10+. The zero-order chi connectivity index (χ0) is 11.7. The molecule has 0 aromatic heterocycles. The normalized spacial score (nSPS) is 34.9. The molecule has 0 radical (unpaired) electrons. The molecule has 1 heterocycles. The van der Waals surface area contributed by atoms with Crippen molar-refractivity contribution in [1.29, 1.82) is 0 Å². The molecule has 0 aromatic carbocycles. The summed E-state index contributed by atoms with van der Waals surface area (Å²) in [5.41, 5.74) is -1.59. The molecule has 15 heavy (non-hydrogen) atoms. The fourth-order valence-electron chi connectivity index (χ4n) is 1.99. The van der Waals surface area contributed by atoms with Gasteiger partial charge in [0.2, 0.25) is 0 Å². The highest BCUT2D eigenvalue weighted by Crippen LogP contribution is 2.32. The summed E-state index contributed by atoms with van der Waals surface area (Å²) in [5.74, 6) is -0.703. The average Bonchev–Trinajstić information content (AvgIpc) is 2.55. The number of hydrogen-bond acceptors (Lipinski definition) is 5. The zero-order valence-corrected chi connectivity index (χ0v) is 9.55. The van der Waals surface area contributed by atoms with E-state index in [1.54, 1.807) is 13.8 Å². The van der Waals surface area contributed by atoms with Crippen LogP contribution in [0.3, 0.4) is 0 Å². The molecule has 1 aliphatic rings. The van der Waals surface area contributed by atoms with E-state index < -0.39 is 11.1 Å². The molecule has 1 aliphatic heterocycles. The first-order valence-electron chi connectivity index (χ1n) is 4.84. The topological polar surface area (TPSA) is 64.6 Å². The molecule has 1 N–H and O–H groups in total. The van der Waals surface area contributed by atoms with E-state index in [0.717, 1.165) is 0 Å². The Morgan fingerprint density at radius 3 is 1.60 bits per heavy atom. The molecule has 0 aromatic rings. The fourth-order valence-corrected chi connectivity index (χ4v) is 1.99. The fraction of sp³-hybridized carbons (Fsp3) is 0.800. The number of carbonyl (C=O) groups is 2. The predicted molar refractivity (Wildman–Crippen MR) is 53.2 cm³/mol. The van der Waals surface area contributed by atoms with Crippen LogP contribution in [0.4, 0.5) is 0 Å². The van der Waals surface area contributed by atoms with Gasteiger partial charge < -0.3 is 9.47 Å². The molecule has 0 bridgehead atoms. The number of ether oxygens (including phenoxy) is 2. The smallest absolute Gasteiger partial charge is 0.325 e. The van der Waals surface area contributed by atoms with Crippen molar-refractivity contribution in [1.82, 2.24) is 5.32 Å². The Balaban J connectivity index is 2.82. The molecule has 1 rings (SSSR count). The third-order valence-corrected chi connectivity index (χ3v) is 2.95. The summed E-state index contributed by atoms with van der Waals surface area (Å²) < 4.78 is 9.38. The molecule has 1 saturated heterocycles. The van der Waals surface area contributed by atoms with Gasteiger partial charge in [-0.15, -0.1) is 0 Å². The van der Waals surface area contributed by atoms with Crippen LogP contribution >= 0.6 is 0 Å². The summed E-state index contributed by atoms with van der Waals surface area (Å²) >= 11 is 0. The molecule has 1 fully saturated rings. The summed E-state index contributed by atoms with van der Waals surface area (Å²) in [6.07, 6.45) is 1.12. The van der Waals surface area contributed by atoms with E-state index in [-0.39, 0.29) is 11.9 Å². The van der Waals surface area contributed by atoms with Crippen molar-refractivity contribution in [3.63, 3.8) is 0 Å². The van der Waals surface area contributed by atoms with Gasteiger partial charge in [0.15, 0.2) is 0 Å².